The summed E-state index contributed by atoms with van der Waals surface area (Å²) in [4.78, 5) is 47.3. The minimum absolute atomic E-state index is 0.383. The molecule has 0 fully saturated rings. The summed E-state index contributed by atoms with van der Waals surface area (Å²) in [5.41, 5.74) is 8.43. The van der Waals surface area contributed by atoms with Crippen LogP contribution in [-0.2, 0) is 38.1 Å². The molecule has 0 N–H and O–H groups in total. The first-order valence-electron chi connectivity index (χ1n) is 6.83. The molecule has 11 nitrogen and oxygen atoms in total. The molecule has 0 aromatic carbocycles. The molecule has 0 bridgehead atoms. The predicted octanol–water partition coefficient (Wildman–Crippen LogP) is 0.655. The van der Waals surface area contributed by atoms with E-state index in [2.05, 4.69) is 10.0 Å². The minimum Gasteiger partial charge on any atom is -0.462 e. The van der Waals surface area contributed by atoms with E-state index in [1.807, 2.05) is 0 Å². The highest BCUT2D eigenvalue weighted by molar-refractivity contribution is 5.68. The molecule has 0 saturated heterocycles. The topological polar surface area (TPSA) is 154 Å². The van der Waals surface area contributed by atoms with E-state index >= 15 is 0 Å². The Bertz CT molecular complexity index is 525. The molecule has 3 atom stereocenters. The quantitative estimate of drug-likeness (QED) is 0.194. The lowest BCUT2D eigenvalue weighted by molar-refractivity contribution is -0.188. The third kappa shape index (κ3) is 9.26. The van der Waals surface area contributed by atoms with Crippen LogP contribution in [0.1, 0.15) is 27.7 Å². The lowest BCUT2D eigenvalue weighted by Crippen LogP contribution is -2.48. The lowest BCUT2D eigenvalue weighted by atomic mass is 10.1. The van der Waals surface area contributed by atoms with Gasteiger partial charge in [0.05, 0.1) is 6.54 Å². The summed E-state index contributed by atoms with van der Waals surface area (Å²) in [6.07, 6.45) is -3.82. The van der Waals surface area contributed by atoms with Gasteiger partial charge in [0.25, 0.3) is 0 Å². The number of ether oxygens (including phenoxy) is 4. The summed E-state index contributed by atoms with van der Waals surface area (Å²) in [6, 6.07) is 0. The average molecular weight is 345 g/mol. The summed E-state index contributed by atoms with van der Waals surface area (Å²) >= 11 is 0. The second-order valence-electron chi connectivity index (χ2n) is 4.59. The van der Waals surface area contributed by atoms with Gasteiger partial charge in [-0.1, -0.05) is 5.11 Å². The molecule has 0 heterocycles. The molecule has 134 valence electrons. The smallest absolute Gasteiger partial charge is 0.303 e. The van der Waals surface area contributed by atoms with Crippen molar-refractivity contribution in [2.45, 2.75) is 46.0 Å². The number of nitrogens with zero attached hydrogens (tertiary/aromatic N) is 3. The third-order valence-corrected chi connectivity index (χ3v) is 2.45. The number of carbonyl (C=O) groups is 4. The van der Waals surface area contributed by atoms with Crippen LogP contribution in [0.15, 0.2) is 5.11 Å². The molecule has 11 heteroatoms. The van der Waals surface area contributed by atoms with E-state index in [0.29, 0.717) is 0 Å². The van der Waals surface area contributed by atoms with Crippen LogP contribution in [0.5, 0.6) is 0 Å². The molecule has 0 unspecified atom stereocenters. The highest BCUT2D eigenvalue weighted by atomic mass is 16.6. The Hall–Kier alpha value is -2.81. The van der Waals surface area contributed by atoms with Crippen molar-refractivity contribution in [3.63, 3.8) is 0 Å². The van der Waals surface area contributed by atoms with E-state index < -0.39 is 48.8 Å². The number of esters is 4. The van der Waals surface area contributed by atoms with E-state index in [1.165, 1.54) is 0 Å². The number of carbonyl (C=O) groups excluding carboxylic acids is 4. The Morgan fingerprint density at radius 2 is 1.38 bits per heavy atom. The Morgan fingerprint density at radius 1 is 0.875 bits per heavy atom. The van der Waals surface area contributed by atoms with Crippen molar-refractivity contribution in [2.75, 3.05) is 13.2 Å². The van der Waals surface area contributed by atoms with Gasteiger partial charge in [-0.15, -0.1) is 0 Å². The van der Waals surface area contributed by atoms with Crippen molar-refractivity contribution in [2.24, 2.45) is 5.11 Å². The van der Waals surface area contributed by atoms with E-state index in [0.717, 1.165) is 27.7 Å². The van der Waals surface area contributed by atoms with Crippen LogP contribution < -0.4 is 0 Å². The fraction of sp³-hybridized carbons (Fsp3) is 0.692. The van der Waals surface area contributed by atoms with Crippen molar-refractivity contribution in [1.29, 1.82) is 0 Å². The molecular formula is C13H19N3O8. The molecule has 0 aliphatic carbocycles. The van der Waals surface area contributed by atoms with Gasteiger partial charge in [-0.2, -0.15) is 0 Å². The summed E-state index contributed by atoms with van der Waals surface area (Å²) in [7, 11) is 0. The molecule has 0 aromatic rings. The summed E-state index contributed by atoms with van der Waals surface area (Å²) in [6.45, 7) is 3.59. The van der Waals surface area contributed by atoms with Crippen molar-refractivity contribution in [1.82, 2.24) is 0 Å². The van der Waals surface area contributed by atoms with Crippen LogP contribution in [0.25, 0.3) is 10.4 Å². The maximum Gasteiger partial charge on any atom is 0.303 e. The molecule has 0 rings (SSSR count). The van der Waals surface area contributed by atoms with Crippen LogP contribution in [0.2, 0.25) is 0 Å². The Kier molecular flexibility index (Phi) is 9.57. The fourth-order valence-corrected chi connectivity index (χ4v) is 1.73. The van der Waals surface area contributed by atoms with Crippen LogP contribution in [0.4, 0.5) is 0 Å². The van der Waals surface area contributed by atoms with Gasteiger partial charge in [0.15, 0.2) is 12.2 Å². The van der Waals surface area contributed by atoms with E-state index in [9.17, 15) is 19.2 Å². The van der Waals surface area contributed by atoms with E-state index in [-0.39, 0.29) is 6.54 Å². The Labute approximate surface area is 137 Å². The van der Waals surface area contributed by atoms with Gasteiger partial charge in [-0.25, -0.2) is 0 Å². The van der Waals surface area contributed by atoms with Crippen molar-refractivity contribution < 1.29 is 38.1 Å². The first kappa shape index (κ1) is 21.2. The van der Waals surface area contributed by atoms with Gasteiger partial charge >= 0.3 is 23.9 Å². The van der Waals surface area contributed by atoms with Crippen LogP contribution in [0.3, 0.4) is 0 Å². The molecule has 0 radical (unpaired) electrons. The van der Waals surface area contributed by atoms with Gasteiger partial charge in [0.2, 0.25) is 0 Å². The first-order valence-corrected chi connectivity index (χ1v) is 6.83. The second-order valence-corrected chi connectivity index (χ2v) is 4.59. The summed E-state index contributed by atoms with van der Waals surface area (Å²) < 4.78 is 19.8. The molecule has 0 aliphatic heterocycles. The van der Waals surface area contributed by atoms with Crippen LogP contribution in [-0.4, -0.2) is 55.3 Å². The normalized spacial score (nSPS) is 13.5. The number of hydrogen-bond donors (Lipinski definition) is 0. The predicted molar refractivity (Wildman–Crippen MR) is 77.3 cm³/mol. The highest BCUT2D eigenvalue weighted by Crippen LogP contribution is 2.15. The van der Waals surface area contributed by atoms with Gasteiger partial charge in [0, 0.05) is 32.6 Å². The Morgan fingerprint density at radius 3 is 1.79 bits per heavy atom. The van der Waals surface area contributed by atoms with Gasteiger partial charge in [-0.05, 0) is 5.53 Å². The van der Waals surface area contributed by atoms with Crippen molar-refractivity contribution in [3.05, 3.63) is 10.4 Å². The Balaban J connectivity index is 5.57. The van der Waals surface area contributed by atoms with E-state index in [1.54, 1.807) is 0 Å². The van der Waals surface area contributed by atoms with Gasteiger partial charge in [-0.3, -0.25) is 19.2 Å². The van der Waals surface area contributed by atoms with Crippen molar-refractivity contribution >= 4 is 23.9 Å². The summed E-state index contributed by atoms with van der Waals surface area (Å²) in [5.74, 6) is -2.90. The van der Waals surface area contributed by atoms with Crippen molar-refractivity contribution in [3.8, 4) is 0 Å². The zero-order chi connectivity index (χ0) is 18.7. The van der Waals surface area contributed by atoms with E-state index in [4.69, 9.17) is 24.5 Å². The van der Waals surface area contributed by atoms with Crippen LogP contribution in [0, 0.1) is 0 Å². The molecule has 0 saturated carbocycles. The van der Waals surface area contributed by atoms with Gasteiger partial charge in [0.1, 0.15) is 12.7 Å². The molecule has 0 aliphatic rings. The maximum atomic E-state index is 11.3. The summed E-state index contributed by atoms with van der Waals surface area (Å²) in [5, 5.41) is 3.27. The maximum absolute atomic E-state index is 11.3. The molecule has 0 amide bonds. The monoisotopic (exact) mass is 345 g/mol. The molecule has 24 heavy (non-hydrogen) atoms. The highest BCUT2D eigenvalue weighted by Gasteiger charge is 2.37. The average Bonchev–Trinajstić information content (AvgIpc) is 2.44. The standard InChI is InChI=1S/C13H19N3O8/c1-7(17)21-6-12(23-9(3)19)13(24-10(4)20)11(5-15-16-14)22-8(2)18/h11-13H,5-6H2,1-4H3/t11-,12+,13-/m1/s1. The molecule has 0 aromatic heterocycles. The number of hydrogen-bond acceptors (Lipinski definition) is 9. The second kappa shape index (κ2) is 10.8. The SMILES string of the molecule is CC(=O)OC[C@H](OC(C)=O)[C@H](OC(C)=O)[C@@H](CN=[N+]=[N-])OC(C)=O. The minimum atomic E-state index is -1.33. The zero-order valence-corrected chi connectivity index (χ0v) is 13.8. The largest absolute Gasteiger partial charge is 0.462 e. The zero-order valence-electron chi connectivity index (χ0n) is 13.8. The van der Waals surface area contributed by atoms with Crippen LogP contribution >= 0.6 is 0 Å². The fourth-order valence-electron chi connectivity index (χ4n) is 1.73. The molecular weight excluding hydrogens is 326 g/mol. The molecule has 0 spiro atoms. The van der Waals surface area contributed by atoms with Gasteiger partial charge < -0.3 is 18.9 Å². The third-order valence-electron chi connectivity index (χ3n) is 2.45. The number of azide groups is 1. The first-order chi connectivity index (χ1) is 11.2. The lowest BCUT2D eigenvalue weighted by Gasteiger charge is -2.30. The number of rotatable bonds is 9.